The zero-order valence-corrected chi connectivity index (χ0v) is 12.5. The van der Waals surface area contributed by atoms with Gasteiger partial charge in [-0.15, -0.1) is 0 Å². The number of sulfonamides is 1. The Labute approximate surface area is 123 Å². The predicted octanol–water partition coefficient (Wildman–Crippen LogP) is 0.127. The lowest BCUT2D eigenvalue weighted by Crippen LogP contribution is -2.50. The highest BCUT2D eigenvalue weighted by atomic mass is 32.2. The maximum atomic E-state index is 12.4. The minimum absolute atomic E-state index is 0.0621. The van der Waals surface area contributed by atoms with Gasteiger partial charge in [-0.2, -0.15) is 4.31 Å². The summed E-state index contributed by atoms with van der Waals surface area (Å²) in [5.41, 5.74) is 5.86. The first kappa shape index (κ1) is 15.5. The average Bonchev–Trinajstić information content (AvgIpc) is 2.47. The third kappa shape index (κ3) is 3.42. The molecule has 0 aliphatic carbocycles. The fraction of sp³-hybridized carbons (Fsp3) is 0.500. The van der Waals surface area contributed by atoms with Gasteiger partial charge in [0.05, 0.1) is 12.3 Å². The largest absolute Gasteiger partial charge is 0.450 e. The van der Waals surface area contributed by atoms with Crippen LogP contribution in [0.1, 0.15) is 6.92 Å². The van der Waals surface area contributed by atoms with Crippen molar-refractivity contribution in [2.75, 3.05) is 38.5 Å². The van der Waals surface area contributed by atoms with Gasteiger partial charge in [-0.1, -0.05) is 0 Å². The molecule has 0 atom stereocenters. The lowest BCUT2D eigenvalue weighted by Gasteiger charge is -2.33. The van der Waals surface area contributed by atoms with E-state index in [1.165, 1.54) is 27.7 Å². The molecule has 2 rings (SSSR count). The summed E-state index contributed by atoms with van der Waals surface area (Å²) in [6.45, 7) is 3.06. The van der Waals surface area contributed by atoms with E-state index in [4.69, 9.17) is 10.5 Å². The summed E-state index contributed by atoms with van der Waals surface area (Å²) in [6.07, 6.45) is 2.24. The molecule has 1 aromatic heterocycles. The number of pyridine rings is 1. The normalized spacial score (nSPS) is 16.7. The lowest BCUT2D eigenvalue weighted by molar-refractivity contribution is 0.0934. The molecule has 1 aliphatic rings. The van der Waals surface area contributed by atoms with Crippen LogP contribution in [0.2, 0.25) is 0 Å². The molecule has 1 aliphatic heterocycles. The monoisotopic (exact) mass is 314 g/mol. The molecular formula is C12H18N4O4S. The number of amides is 1. The average molecular weight is 314 g/mol. The highest BCUT2D eigenvalue weighted by molar-refractivity contribution is 7.89. The SMILES string of the molecule is CCOC(=O)N1CCN(S(=O)(=O)c2cncc(N)c2)CC1. The topological polar surface area (TPSA) is 106 Å². The number of nitrogens with two attached hydrogens (primary N) is 1. The van der Waals surface area contributed by atoms with Crippen LogP contribution < -0.4 is 5.73 Å². The molecule has 0 aromatic carbocycles. The summed E-state index contributed by atoms with van der Waals surface area (Å²) in [4.78, 5) is 16.9. The van der Waals surface area contributed by atoms with E-state index in [9.17, 15) is 13.2 Å². The molecule has 9 heteroatoms. The van der Waals surface area contributed by atoms with E-state index in [-0.39, 0.29) is 18.0 Å². The predicted molar refractivity (Wildman–Crippen MR) is 76.0 cm³/mol. The molecule has 1 aromatic rings. The van der Waals surface area contributed by atoms with Crippen molar-refractivity contribution in [1.29, 1.82) is 0 Å². The Kier molecular flexibility index (Phi) is 4.63. The second kappa shape index (κ2) is 6.27. The highest BCUT2D eigenvalue weighted by Crippen LogP contribution is 2.18. The number of nitrogen functional groups attached to an aromatic ring is 1. The van der Waals surface area contributed by atoms with Crippen molar-refractivity contribution in [2.24, 2.45) is 0 Å². The zero-order chi connectivity index (χ0) is 15.5. The van der Waals surface area contributed by atoms with Crippen molar-refractivity contribution >= 4 is 21.8 Å². The first-order valence-electron chi connectivity index (χ1n) is 6.57. The molecule has 0 spiro atoms. The Morgan fingerprint density at radius 3 is 2.57 bits per heavy atom. The Morgan fingerprint density at radius 1 is 1.33 bits per heavy atom. The molecule has 1 fully saturated rings. The highest BCUT2D eigenvalue weighted by Gasteiger charge is 2.30. The minimum atomic E-state index is -3.63. The molecular weight excluding hydrogens is 296 g/mol. The number of hydrogen-bond acceptors (Lipinski definition) is 6. The van der Waals surface area contributed by atoms with E-state index in [1.807, 2.05) is 0 Å². The quantitative estimate of drug-likeness (QED) is 0.850. The number of carbonyl (C=O) groups is 1. The third-order valence-electron chi connectivity index (χ3n) is 3.14. The van der Waals surface area contributed by atoms with Gasteiger partial charge in [0.1, 0.15) is 4.90 Å². The number of ether oxygens (including phenoxy) is 1. The van der Waals surface area contributed by atoms with Gasteiger partial charge in [0, 0.05) is 38.6 Å². The lowest BCUT2D eigenvalue weighted by atomic mass is 10.4. The Hall–Kier alpha value is -1.87. The van der Waals surface area contributed by atoms with Gasteiger partial charge in [-0.3, -0.25) is 4.98 Å². The molecule has 116 valence electrons. The second-order valence-electron chi connectivity index (χ2n) is 4.54. The van der Waals surface area contributed by atoms with Crippen molar-refractivity contribution in [3.8, 4) is 0 Å². The van der Waals surface area contributed by atoms with E-state index in [0.29, 0.717) is 25.4 Å². The van der Waals surface area contributed by atoms with Crippen LogP contribution in [0.5, 0.6) is 0 Å². The van der Waals surface area contributed by atoms with Gasteiger partial charge < -0.3 is 15.4 Å². The maximum Gasteiger partial charge on any atom is 0.409 e. The fourth-order valence-electron chi connectivity index (χ4n) is 2.05. The van der Waals surface area contributed by atoms with Crippen LogP contribution >= 0.6 is 0 Å². The molecule has 0 saturated carbocycles. The van der Waals surface area contributed by atoms with Crippen molar-refractivity contribution in [1.82, 2.24) is 14.2 Å². The van der Waals surface area contributed by atoms with Crippen molar-refractivity contribution in [2.45, 2.75) is 11.8 Å². The Morgan fingerprint density at radius 2 is 2.00 bits per heavy atom. The second-order valence-corrected chi connectivity index (χ2v) is 6.48. The first-order chi connectivity index (χ1) is 9.95. The number of anilines is 1. The van der Waals surface area contributed by atoms with Crippen molar-refractivity contribution < 1.29 is 17.9 Å². The first-order valence-corrected chi connectivity index (χ1v) is 8.01. The van der Waals surface area contributed by atoms with E-state index in [0.717, 1.165) is 0 Å². The summed E-state index contributed by atoms with van der Waals surface area (Å²) in [5, 5.41) is 0. The third-order valence-corrected chi connectivity index (χ3v) is 5.00. The molecule has 0 unspecified atom stereocenters. The van der Waals surface area contributed by atoms with Crippen LogP contribution in [0.3, 0.4) is 0 Å². The van der Waals surface area contributed by atoms with Gasteiger partial charge in [-0.05, 0) is 13.0 Å². The van der Waals surface area contributed by atoms with E-state index >= 15 is 0 Å². The number of rotatable bonds is 3. The fourth-order valence-corrected chi connectivity index (χ4v) is 3.47. The van der Waals surface area contributed by atoms with Crippen LogP contribution in [-0.2, 0) is 14.8 Å². The molecule has 1 saturated heterocycles. The summed E-state index contributed by atoms with van der Waals surface area (Å²) >= 11 is 0. The molecule has 2 heterocycles. The number of nitrogens with zero attached hydrogens (tertiary/aromatic N) is 3. The van der Waals surface area contributed by atoms with Gasteiger partial charge in [0.25, 0.3) is 0 Å². The zero-order valence-electron chi connectivity index (χ0n) is 11.7. The van der Waals surface area contributed by atoms with Crippen molar-refractivity contribution in [3.05, 3.63) is 18.5 Å². The molecule has 1 amide bonds. The van der Waals surface area contributed by atoms with Crippen LogP contribution in [-0.4, -0.2) is 61.5 Å². The van der Waals surface area contributed by atoms with Crippen LogP contribution in [0.15, 0.2) is 23.4 Å². The van der Waals surface area contributed by atoms with Gasteiger partial charge in [-0.25, -0.2) is 13.2 Å². The van der Waals surface area contributed by atoms with E-state index in [1.54, 1.807) is 6.92 Å². The molecule has 0 bridgehead atoms. The minimum Gasteiger partial charge on any atom is -0.450 e. The summed E-state index contributed by atoms with van der Waals surface area (Å²) in [6, 6.07) is 1.38. The van der Waals surface area contributed by atoms with Crippen LogP contribution in [0.25, 0.3) is 0 Å². The van der Waals surface area contributed by atoms with E-state index in [2.05, 4.69) is 4.98 Å². The number of carbonyl (C=O) groups excluding carboxylic acids is 1. The van der Waals surface area contributed by atoms with Gasteiger partial charge in [0.2, 0.25) is 10.0 Å². The standard InChI is InChI=1S/C12H18N4O4S/c1-2-20-12(17)15-3-5-16(6-4-15)21(18,19)11-7-10(13)8-14-9-11/h7-9H,2-6,13H2,1H3. The summed E-state index contributed by atoms with van der Waals surface area (Å²) in [7, 11) is -3.63. The van der Waals surface area contributed by atoms with Gasteiger partial charge in [0.15, 0.2) is 0 Å². The maximum absolute atomic E-state index is 12.4. The number of piperazine rings is 1. The summed E-state index contributed by atoms with van der Waals surface area (Å²) < 4.78 is 31.1. The number of aromatic nitrogens is 1. The van der Waals surface area contributed by atoms with Gasteiger partial charge >= 0.3 is 6.09 Å². The Balaban J connectivity index is 2.06. The molecule has 2 N–H and O–H groups in total. The molecule has 0 radical (unpaired) electrons. The number of hydrogen-bond donors (Lipinski definition) is 1. The molecule has 8 nitrogen and oxygen atoms in total. The smallest absolute Gasteiger partial charge is 0.409 e. The van der Waals surface area contributed by atoms with Crippen molar-refractivity contribution in [3.63, 3.8) is 0 Å². The molecule has 21 heavy (non-hydrogen) atoms. The summed E-state index contributed by atoms with van der Waals surface area (Å²) in [5.74, 6) is 0. The Bertz CT molecular complexity index is 611. The van der Waals surface area contributed by atoms with Crippen LogP contribution in [0, 0.1) is 0 Å². The van der Waals surface area contributed by atoms with E-state index < -0.39 is 16.1 Å². The van der Waals surface area contributed by atoms with Crippen LogP contribution in [0.4, 0.5) is 10.5 Å².